The Morgan fingerprint density at radius 2 is 2.15 bits per heavy atom. The van der Waals surface area contributed by atoms with E-state index in [4.69, 9.17) is 4.74 Å². The van der Waals surface area contributed by atoms with Gasteiger partial charge in [0.05, 0.1) is 12.8 Å². The van der Waals surface area contributed by atoms with Gasteiger partial charge in [-0.15, -0.1) is 4.36 Å². The maximum atomic E-state index is 13.0. The monoisotopic (exact) mass is 389 g/mol. The molecular weight excluding hydrogens is 366 g/mol. The quantitative estimate of drug-likeness (QED) is 0.821. The highest BCUT2D eigenvalue weighted by atomic mass is 32.2. The molecule has 27 heavy (non-hydrogen) atoms. The predicted molar refractivity (Wildman–Crippen MR) is 104 cm³/mol. The fourth-order valence-electron chi connectivity index (χ4n) is 3.73. The lowest BCUT2D eigenvalue weighted by Crippen LogP contribution is -2.40. The summed E-state index contributed by atoms with van der Waals surface area (Å²) in [5, 5.41) is 4.42. The number of likely N-dealkylation sites (tertiary alicyclic amines) is 1. The molecule has 144 valence electrons. The van der Waals surface area contributed by atoms with Crippen molar-refractivity contribution in [1.82, 2.24) is 10.2 Å². The van der Waals surface area contributed by atoms with Crippen molar-refractivity contribution in [2.75, 3.05) is 26.7 Å². The molecule has 1 N–H and O–H groups in total. The minimum Gasteiger partial charge on any atom is -0.495 e. The summed E-state index contributed by atoms with van der Waals surface area (Å²) in [6.07, 6.45) is 2.15. The number of methoxy groups -OCH3 is 1. The number of carbonyl (C=O) groups excluding carboxylic acids is 1. The van der Waals surface area contributed by atoms with Gasteiger partial charge >= 0.3 is 10.5 Å². The largest absolute Gasteiger partial charge is 0.495 e. The number of benzene rings is 2. The third-order valence-electron chi connectivity index (χ3n) is 4.99. The van der Waals surface area contributed by atoms with Gasteiger partial charge in [0.2, 0.25) is 0 Å². The van der Waals surface area contributed by atoms with E-state index in [0.717, 1.165) is 36.7 Å². The van der Waals surface area contributed by atoms with Crippen molar-refractivity contribution >= 4 is 32.9 Å². The van der Waals surface area contributed by atoms with Gasteiger partial charge in [-0.25, -0.2) is 0 Å². The van der Waals surface area contributed by atoms with Crippen LogP contribution in [0.15, 0.2) is 34.7 Å². The van der Waals surface area contributed by atoms with Crippen molar-refractivity contribution in [3.63, 3.8) is 0 Å². The number of ether oxygens (including phenoxy) is 1. The van der Waals surface area contributed by atoms with Crippen molar-refractivity contribution in [2.45, 2.75) is 25.8 Å². The van der Waals surface area contributed by atoms with E-state index in [2.05, 4.69) is 21.5 Å². The Bertz CT molecular complexity index is 980. The number of hydrogen-bond donors (Lipinski definition) is 1. The smallest absolute Gasteiger partial charge is 0.316 e. The zero-order valence-electron chi connectivity index (χ0n) is 15.4. The Morgan fingerprint density at radius 1 is 1.37 bits per heavy atom. The van der Waals surface area contributed by atoms with Crippen LogP contribution in [0.25, 0.3) is 10.8 Å². The zero-order valence-corrected chi connectivity index (χ0v) is 16.3. The standard InChI is InChI=1S/C19H23N3O4S/c1-3-22-10-6-8-14(22)12-20-19(23)17-16(21-27(24)25)11-13-7-4-5-9-15(13)18(17)26-2/h4-5,7,9,11,14H,3,6,8,10,12H2,1-2H3,(H,20,23). The Morgan fingerprint density at radius 3 is 2.85 bits per heavy atom. The number of likely N-dealkylation sites (N-methyl/N-ethyl adjacent to an activating group) is 1. The number of nitrogens with zero attached hydrogens (tertiary/aromatic N) is 2. The first-order valence-corrected chi connectivity index (χ1v) is 10.0. The molecular formula is C19H23N3O4S. The molecule has 0 radical (unpaired) electrons. The summed E-state index contributed by atoms with van der Waals surface area (Å²) in [7, 11) is -1.21. The molecule has 8 heteroatoms. The molecule has 1 atom stereocenters. The van der Waals surface area contributed by atoms with E-state index in [9.17, 15) is 13.2 Å². The fourth-order valence-corrected chi connectivity index (χ4v) is 4.03. The predicted octanol–water partition coefficient (Wildman–Crippen LogP) is 2.76. The lowest BCUT2D eigenvalue weighted by atomic mass is 10.0. The summed E-state index contributed by atoms with van der Waals surface area (Å²) < 4.78 is 31.5. The highest BCUT2D eigenvalue weighted by Crippen LogP contribution is 2.37. The second-order valence-corrected chi connectivity index (χ2v) is 7.08. The molecule has 1 unspecified atom stereocenters. The number of fused-ring (bicyclic) bond motifs is 1. The van der Waals surface area contributed by atoms with E-state index < -0.39 is 10.5 Å². The molecule has 0 saturated carbocycles. The zero-order chi connectivity index (χ0) is 19.4. The first-order chi connectivity index (χ1) is 13.0. The van der Waals surface area contributed by atoms with E-state index in [0.29, 0.717) is 18.3 Å². The molecule has 7 nitrogen and oxygen atoms in total. The molecule has 1 heterocycles. The third-order valence-corrected chi connectivity index (χ3v) is 5.33. The molecule has 0 spiro atoms. The van der Waals surface area contributed by atoms with Gasteiger partial charge in [-0.2, -0.15) is 8.42 Å². The number of hydrogen-bond acceptors (Lipinski definition) is 6. The van der Waals surface area contributed by atoms with Gasteiger partial charge < -0.3 is 10.1 Å². The van der Waals surface area contributed by atoms with Crippen LogP contribution in [0, 0.1) is 0 Å². The van der Waals surface area contributed by atoms with Gasteiger partial charge in [0.25, 0.3) is 5.91 Å². The average Bonchev–Trinajstić information content (AvgIpc) is 3.12. The van der Waals surface area contributed by atoms with Crippen molar-refractivity contribution in [2.24, 2.45) is 4.36 Å². The maximum absolute atomic E-state index is 13.0. The Labute approximate surface area is 160 Å². The number of carbonyl (C=O) groups is 1. The van der Waals surface area contributed by atoms with E-state index in [1.54, 1.807) is 6.07 Å². The number of nitrogens with one attached hydrogen (secondary N) is 1. The van der Waals surface area contributed by atoms with Crippen LogP contribution in [0.4, 0.5) is 5.69 Å². The maximum Gasteiger partial charge on any atom is 0.316 e. The van der Waals surface area contributed by atoms with E-state index >= 15 is 0 Å². The van der Waals surface area contributed by atoms with E-state index in [1.807, 2.05) is 24.3 Å². The molecule has 0 aliphatic carbocycles. The van der Waals surface area contributed by atoms with Crippen molar-refractivity contribution in [3.05, 3.63) is 35.9 Å². The highest BCUT2D eigenvalue weighted by molar-refractivity contribution is 7.61. The summed E-state index contributed by atoms with van der Waals surface area (Å²) >= 11 is 0. The summed E-state index contributed by atoms with van der Waals surface area (Å²) in [4.78, 5) is 15.3. The average molecular weight is 389 g/mol. The fraction of sp³-hybridized carbons (Fsp3) is 0.421. The Kier molecular flexibility index (Phi) is 6.08. The van der Waals surface area contributed by atoms with Crippen molar-refractivity contribution < 1.29 is 17.9 Å². The number of rotatable bonds is 6. The summed E-state index contributed by atoms with van der Waals surface area (Å²) in [6, 6.07) is 9.21. The second kappa shape index (κ2) is 8.49. The van der Waals surface area contributed by atoms with E-state index in [1.165, 1.54) is 7.11 Å². The minimum absolute atomic E-state index is 0.0788. The normalized spacial score (nSPS) is 17.0. The molecule has 1 fully saturated rings. The first-order valence-electron chi connectivity index (χ1n) is 8.98. The number of amides is 1. The van der Waals surface area contributed by atoms with E-state index in [-0.39, 0.29) is 17.2 Å². The van der Waals surface area contributed by atoms with Gasteiger partial charge in [0.15, 0.2) is 0 Å². The summed E-state index contributed by atoms with van der Waals surface area (Å²) in [5.41, 5.74) is 0.219. The molecule has 0 aromatic heterocycles. The van der Waals surface area contributed by atoms with Crippen LogP contribution in [-0.2, 0) is 10.5 Å². The van der Waals surface area contributed by atoms with Gasteiger partial charge in [0.1, 0.15) is 11.3 Å². The lowest BCUT2D eigenvalue weighted by Gasteiger charge is -2.23. The van der Waals surface area contributed by atoms with Gasteiger partial charge in [-0.3, -0.25) is 9.69 Å². The topological polar surface area (TPSA) is 88.1 Å². The van der Waals surface area contributed by atoms with Crippen LogP contribution in [0.5, 0.6) is 5.75 Å². The second-order valence-electron chi connectivity index (χ2n) is 6.47. The van der Waals surface area contributed by atoms with Crippen LogP contribution in [0.3, 0.4) is 0 Å². The third kappa shape index (κ3) is 4.12. The van der Waals surface area contributed by atoms with Crippen LogP contribution >= 0.6 is 0 Å². The van der Waals surface area contributed by atoms with Gasteiger partial charge in [-0.05, 0) is 37.4 Å². The minimum atomic E-state index is -2.68. The first kappa shape index (κ1) is 19.3. The van der Waals surface area contributed by atoms with Crippen molar-refractivity contribution in [1.29, 1.82) is 0 Å². The van der Waals surface area contributed by atoms with Gasteiger partial charge in [-0.1, -0.05) is 31.2 Å². The van der Waals surface area contributed by atoms with Crippen LogP contribution in [0.2, 0.25) is 0 Å². The van der Waals surface area contributed by atoms with Crippen LogP contribution in [-0.4, -0.2) is 52.0 Å². The lowest BCUT2D eigenvalue weighted by molar-refractivity contribution is 0.0939. The molecule has 1 saturated heterocycles. The molecule has 0 bridgehead atoms. The Balaban J connectivity index is 2.00. The summed E-state index contributed by atoms with van der Waals surface area (Å²) in [6.45, 7) is 4.58. The molecule has 1 aliphatic rings. The summed E-state index contributed by atoms with van der Waals surface area (Å²) in [5.74, 6) is -0.0571. The van der Waals surface area contributed by atoms with Crippen LogP contribution < -0.4 is 10.1 Å². The molecule has 1 amide bonds. The molecule has 1 aliphatic heterocycles. The molecule has 3 rings (SSSR count). The molecule has 2 aromatic carbocycles. The van der Waals surface area contributed by atoms with Crippen LogP contribution in [0.1, 0.15) is 30.1 Å². The SMILES string of the molecule is CCN1CCCC1CNC(=O)c1c(N=S(=O)=O)cc2ccccc2c1OC. The molecule has 2 aromatic rings. The van der Waals surface area contributed by atoms with Crippen molar-refractivity contribution in [3.8, 4) is 5.75 Å². The van der Waals surface area contributed by atoms with Gasteiger partial charge in [0, 0.05) is 18.0 Å². The Hall–Kier alpha value is -2.45. The highest BCUT2D eigenvalue weighted by Gasteiger charge is 2.26.